The van der Waals surface area contributed by atoms with Crippen molar-refractivity contribution >= 4 is 61.5 Å². The Balaban J connectivity index is 1.36. The molecule has 33 heavy (non-hydrogen) atoms. The minimum atomic E-state index is -0.514. The van der Waals surface area contributed by atoms with Crippen molar-refractivity contribution in [3.05, 3.63) is 36.8 Å². The highest BCUT2D eigenvalue weighted by Crippen LogP contribution is 2.39. The van der Waals surface area contributed by atoms with Crippen molar-refractivity contribution in [2.75, 3.05) is 5.32 Å². The van der Waals surface area contributed by atoms with Crippen molar-refractivity contribution in [2.24, 2.45) is 11.7 Å². The zero-order valence-electron chi connectivity index (χ0n) is 18.6. The number of H-pyrrole nitrogens is 1. The van der Waals surface area contributed by atoms with Gasteiger partial charge in [0, 0.05) is 9.75 Å². The highest BCUT2D eigenvalue weighted by molar-refractivity contribution is 8.00. The molecule has 10 heteroatoms. The summed E-state index contributed by atoms with van der Waals surface area (Å²) in [5.41, 5.74) is 8.09. The third-order valence-electron chi connectivity index (χ3n) is 6.46. The number of rotatable bonds is 5. The van der Waals surface area contributed by atoms with E-state index >= 15 is 0 Å². The SMILES string of the molecule is CC1CCc2c(sc3nc(SC(C)C(=O)Nc4sc5c(c4C(N)=O)CCCC5)[nH]c(=O)c23)C1. The van der Waals surface area contributed by atoms with Crippen molar-refractivity contribution in [3.8, 4) is 0 Å². The van der Waals surface area contributed by atoms with Crippen LogP contribution >= 0.6 is 34.4 Å². The zero-order valence-corrected chi connectivity index (χ0v) is 21.0. The first-order chi connectivity index (χ1) is 15.8. The van der Waals surface area contributed by atoms with Crippen LogP contribution in [0.3, 0.4) is 0 Å². The van der Waals surface area contributed by atoms with E-state index in [1.165, 1.54) is 28.0 Å². The van der Waals surface area contributed by atoms with E-state index in [4.69, 9.17) is 5.73 Å². The third-order valence-corrected chi connectivity index (χ3v) is 9.80. The van der Waals surface area contributed by atoms with Gasteiger partial charge in [-0.3, -0.25) is 14.4 Å². The number of amides is 2. The Morgan fingerprint density at radius 3 is 2.76 bits per heavy atom. The van der Waals surface area contributed by atoms with Gasteiger partial charge in [-0.2, -0.15) is 0 Å². The molecule has 0 aromatic carbocycles. The number of aromatic nitrogens is 2. The number of anilines is 1. The van der Waals surface area contributed by atoms with Crippen LogP contribution in [0.1, 0.15) is 64.3 Å². The molecule has 5 rings (SSSR count). The molecule has 0 saturated heterocycles. The quantitative estimate of drug-likeness (QED) is 0.356. The lowest BCUT2D eigenvalue weighted by Gasteiger charge is -2.17. The number of hydrogen-bond donors (Lipinski definition) is 3. The van der Waals surface area contributed by atoms with E-state index in [1.807, 2.05) is 0 Å². The molecular weight excluding hydrogens is 476 g/mol. The maximum absolute atomic E-state index is 13.0. The summed E-state index contributed by atoms with van der Waals surface area (Å²) >= 11 is 4.26. The van der Waals surface area contributed by atoms with Crippen molar-refractivity contribution in [3.63, 3.8) is 0 Å². The molecule has 2 amide bonds. The van der Waals surface area contributed by atoms with E-state index in [2.05, 4.69) is 22.2 Å². The molecule has 2 aliphatic rings. The van der Waals surface area contributed by atoms with Crippen LogP contribution in [-0.2, 0) is 30.5 Å². The Hall–Kier alpha value is -2.17. The summed E-state index contributed by atoms with van der Waals surface area (Å²) in [5.74, 6) is -0.129. The van der Waals surface area contributed by atoms with Gasteiger partial charge in [-0.1, -0.05) is 18.7 Å². The van der Waals surface area contributed by atoms with Crippen LogP contribution in [0.5, 0.6) is 0 Å². The molecule has 0 bridgehead atoms. The van der Waals surface area contributed by atoms with Crippen molar-refractivity contribution in [1.29, 1.82) is 0 Å². The second-order valence-electron chi connectivity index (χ2n) is 8.93. The molecule has 3 heterocycles. The van der Waals surface area contributed by atoms with Gasteiger partial charge in [0.15, 0.2) is 5.16 Å². The van der Waals surface area contributed by atoms with E-state index in [-0.39, 0.29) is 11.5 Å². The van der Waals surface area contributed by atoms with E-state index < -0.39 is 11.2 Å². The second kappa shape index (κ2) is 8.88. The number of aryl methyl sites for hydroxylation is 2. The number of nitrogens with zero attached hydrogens (tertiary/aromatic N) is 1. The fraction of sp³-hybridized carbons (Fsp3) is 0.478. The van der Waals surface area contributed by atoms with Crippen LogP contribution in [-0.4, -0.2) is 27.0 Å². The molecular formula is C23H26N4O3S3. The van der Waals surface area contributed by atoms with Gasteiger partial charge in [-0.15, -0.1) is 22.7 Å². The predicted molar refractivity (Wildman–Crippen MR) is 135 cm³/mol. The largest absolute Gasteiger partial charge is 0.365 e. The molecule has 2 atom stereocenters. The van der Waals surface area contributed by atoms with Gasteiger partial charge in [-0.25, -0.2) is 4.98 Å². The Labute approximate surface area is 203 Å². The lowest BCUT2D eigenvalue weighted by Crippen LogP contribution is -2.25. The molecule has 174 valence electrons. The summed E-state index contributed by atoms with van der Waals surface area (Å²) in [6.45, 7) is 4.00. The number of carbonyl (C=O) groups is 2. The Morgan fingerprint density at radius 2 is 1.97 bits per heavy atom. The molecule has 3 aromatic rings. The number of aromatic amines is 1. The maximum atomic E-state index is 13.0. The predicted octanol–water partition coefficient (Wildman–Crippen LogP) is 4.27. The molecule has 7 nitrogen and oxygen atoms in total. The lowest BCUT2D eigenvalue weighted by atomic mass is 9.89. The number of nitrogens with one attached hydrogen (secondary N) is 2. The third kappa shape index (κ3) is 4.24. The standard InChI is InChI=1S/C23H26N4O3S3/c1-10-7-8-13-15(9-10)33-22-17(13)20(30)26-23(27-22)31-11(2)19(29)25-21-16(18(24)28)12-5-3-4-6-14(12)32-21/h10-11H,3-9H2,1-2H3,(H2,24,28)(H,25,29)(H,26,27,30). The number of thiophene rings is 2. The monoisotopic (exact) mass is 502 g/mol. The first-order valence-corrected chi connectivity index (χ1v) is 13.8. The summed E-state index contributed by atoms with van der Waals surface area (Å²) in [6, 6.07) is 0. The molecule has 3 aromatic heterocycles. The summed E-state index contributed by atoms with van der Waals surface area (Å²) in [7, 11) is 0. The number of nitrogens with two attached hydrogens (primary N) is 1. The minimum absolute atomic E-state index is 0.135. The summed E-state index contributed by atoms with van der Waals surface area (Å²) < 4.78 is 0. The van der Waals surface area contributed by atoms with Crippen LogP contribution in [0, 0.1) is 5.92 Å². The molecule has 2 unspecified atom stereocenters. The first-order valence-electron chi connectivity index (χ1n) is 11.3. The van der Waals surface area contributed by atoms with Gasteiger partial charge in [0.05, 0.1) is 16.2 Å². The van der Waals surface area contributed by atoms with Crippen molar-refractivity contribution < 1.29 is 9.59 Å². The average molecular weight is 503 g/mol. The van der Waals surface area contributed by atoms with Gasteiger partial charge in [-0.05, 0) is 68.9 Å². The summed E-state index contributed by atoms with van der Waals surface area (Å²) in [4.78, 5) is 48.6. The number of hydrogen-bond acceptors (Lipinski definition) is 7. The highest BCUT2D eigenvalue weighted by Gasteiger charge is 2.27. The molecule has 0 fully saturated rings. The second-order valence-corrected chi connectivity index (χ2v) is 12.4. The minimum Gasteiger partial charge on any atom is -0.365 e. The summed E-state index contributed by atoms with van der Waals surface area (Å²) in [5, 5.41) is 4.06. The number of fused-ring (bicyclic) bond motifs is 4. The van der Waals surface area contributed by atoms with Crippen LogP contribution in [0.15, 0.2) is 9.95 Å². The summed E-state index contributed by atoms with van der Waals surface area (Å²) in [6.07, 6.45) is 6.83. The molecule has 4 N–H and O–H groups in total. The number of primary amides is 1. The van der Waals surface area contributed by atoms with E-state index in [9.17, 15) is 14.4 Å². The maximum Gasteiger partial charge on any atom is 0.260 e. The van der Waals surface area contributed by atoms with Gasteiger partial charge in [0.2, 0.25) is 5.91 Å². The Bertz CT molecular complexity index is 1320. The molecule has 0 aliphatic heterocycles. The smallest absolute Gasteiger partial charge is 0.260 e. The topological polar surface area (TPSA) is 118 Å². The van der Waals surface area contributed by atoms with E-state index in [0.29, 0.717) is 27.0 Å². The van der Waals surface area contributed by atoms with Crippen LogP contribution in [0.4, 0.5) is 5.00 Å². The van der Waals surface area contributed by atoms with Crippen LogP contribution in [0.2, 0.25) is 0 Å². The fourth-order valence-corrected chi connectivity index (χ4v) is 8.27. The fourth-order valence-electron chi connectivity index (χ4n) is 4.73. The average Bonchev–Trinajstić information content (AvgIpc) is 3.30. The lowest BCUT2D eigenvalue weighted by molar-refractivity contribution is -0.115. The molecule has 0 saturated carbocycles. The normalized spacial score (nSPS) is 18.5. The zero-order chi connectivity index (χ0) is 23.3. The van der Waals surface area contributed by atoms with Crippen molar-refractivity contribution in [1.82, 2.24) is 9.97 Å². The van der Waals surface area contributed by atoms with Gasteiger partial charge < -0.3 is 16.0 Å². The first kappa shape index (κ1) is 22.6. The van der Waals surface area contributed by atoms with E-state index in [0.717, 1.165) is 65.8 Å². The Kier molecular flexibility index (Phi) is 6.09. The van der Waals surface area contributed by atoms with E-state index in [1.54, 1.807) is 18.3 Å². The van der Waals surface area contributed by atoms with Crippen LogP contribution in [0.25, 0.3) is 10.2 Å². The number of carbonyl (C=O) groups excluding carboxylic acids is 2. The van der Waals surface area contributed by atoms with Gasteiger partial charge in [0.25, 0.3) is 11.5 Å². The molecule has 0 radical (unpaired) electrons. The van der Waals surface area contributed by atoms with Gasteiger partial charge >= 0.3 is 0 Å². The molecule has 0 spiro atoms. The van der Waals surface area contributed by atoms with Crippen LogP contribution < -0.4 is 16.6 Å². The molecule has 2 aliphatic carbocycles. The van der Waals surface area contributed by atoms with Crippen molar-refractivity contribution in [2.45, 2.75) is 69.2 Å². The number of thioether (sulfide) groups is 1. The highest BCUT2D eigenvalue weighted by atomic mass is 32.2. The Morgan fingerprint density at radius 1 is 1.18 bits per heavy atom. The van der Waals surface area contributed by atoms with Gasteiger partial charge in [0.1, 0.15) is 9.83 Å².